The molecule has 6 nitrogen and oxygen atoms in total. The van der Waals surface area contributed by atoms with Gasteiger partial charge in [0.15, 0.2) is 0 Å². The van der Waals surface area contributed by atoms with Gasteiger partial charge in [-0.25, -0.2) is 4.99 Å². The lowest BCUT2D eigenvalue weighted by atomic mass is 10.2. The van der Waals surface area contributed by atoms with Gasteiger partial charge in [0, 0.05) is 30.8 Å². The Bertz CT molecular complexity index is 846. The average molecular weight is 311 g/mol. The van der Waals surface area contributed by atoms with Gasteiger partial charge in [0.25, 0.3) is 0 Å². The number of benzene rings is 1. The van der Waals surface area contributed by atoms with Crippen molar-refractivity contribution in [3.63, 3.8) is 0 Å². The van der Waals surface area contributed by atoms with Crippen LogP contribution < -0.4 is 4.74 Å². The molecule has 1 aromatic heterocycles. The number of aliphatic hydroxyl groups is 1. The average Bonchev–Trinajstić information content (AvgIpc) is 2.85. The Kier molecular flexibility index (Phi) is 4.08. The molecule has 2 heterocycles. The Hall–Kier alpha value is -2.73. The molecular weight excluding hydrogens is 294 g/mol. The van der Waals surface area contributed by atoms with E-state index in [2.05, 4.69) is 9.98 Å². The first-order valence-corrected chi connectivity index (χ1v) is 7.30. The number of hydrogen-bond donors (Lipinski definition) is 1. The fourth-order valence-electron chi connectivity index (χ4n) is 2.38. The molecule has 0 spiro atoms. The molecule has 6 heteroatoms. The molecule has 1 atom stereocenters. The second-order valence-electron chi connectivity index (χ2n) is 5.31. The van der Waals surface area contributed by atoms with Crippen molar-refractivity contribution in [1.82, 2.24) is 4.57 Å². The van der Waals surface area contributed by atoms with E-state index in [9.17, 15) is 9.90 Å². The standard InChI is InChI=1S/C17H17N3O3/c1-11-9-18-14(10-21)8-17(19-11)23-15-3-4-16-13(7-15)5-6-20(16)12(2)22/h3-9,11,21H,10H2,1-2H3/t11-/m0/s1. The molecule has 0 unspecified atom stereocenters. The Morgan fingerprint density at radius 1 is 1.39 bits per heavy atom. The summed E-state index contributed by atoms with van der Waals surface area (Å²) in [4.78, 5) is 20.1. The van der Waals surface area contributed by atoms with Gasteiger partial charge in [-0.1, -0.05) is 0 Å². The lowest BCUT2D eigenvalue weighted by Crippen LogP contribution is -2.10. The van der Waals surface area contributed by atoms with Crippen LogP contribution in [0.15, 0.2) is 52.2 Å². The summed E-state index contributed by atoms with van der Waals surface area (Å²) in [5, 5.41) is 10.2. The summed E-state index contributed by atoms with van der Waals surface area (Å²) in [6.45, 7) is 3.23. The van der Waals surface area contributed by atoms with Crippen LogP contribution in [0.1, 0.15) is 18.6 Å². The third kappa shape index (κ3) is 3.22. The number of fused-ring (bicyclic) bond motifs is 1. The van der Waals surface area contributed by atoms with Gasteiger partial charge in [0.05, 0.1) is 23.9 Å². The van der Waals surface area contributed by atoms with Gasteiger partial charge in [-0.15, -0.1) is 0 Å². The summed E-state index contributed by atoms with van der Waals surface area (Å²) in [6.07, 6.45) is 5.01. The molecule has 0 aliphatic carbocycles. The van der Waals surface area contributed by atoms with Crippen LogP contribution in [0.3, 0.4) is 0 Å². The number of carbonyl (C=O) groups excluding carboxylic acids is 1. The minimum Gasteiger partial charge on any atom is -0.439 e. The van der Waals surface area contributed by atoms with Gasteiger partial charge in [0.2, 0.25) is 11.8 Å². The van der Waals surface area contributed by atoms with E-state index in [4.69, 9.17) is 4.74 Å². The van der Waals surface area contributed by atoms with E-state index in [1.807, 2.05) is 25.1 Å². The normalized spacial score (nSPS) is 17.6. The van der Waals surface area contributed by atoms with Gasteiger partial charge in [0.1, 0.15) is 5.75 Å². The quantitative estimate of drug-likeness (QED) is 0.925. The number of nitrogens with zero attached hydrogens (tertiary/aromatic N) is 3. The van der Waals surface area contributed by atoms with E-state index < -0.39 is 0 Å². The lowest BCUT2D eigenvalue weighted by Gasteiger charge is -2.07. The van der Waals surface area contributed by atoms with Crippen molar-refractivity contribution in [3.8, 4) is 5.75 Å². The summed E-state index contributed by atoms with van der Waals surface area (Å²) in [7, 11) is 0. The Morgan fingerprint density at radius 2 is 2.22 bits per heavy atom. The molecule has 0 amide bonds. The monoisotopic (exact) mass is 311 g/mol. The molecule has 0 bridgehead atoms. The zero-order chi connectivity index (χ0) is 16.4. The molecule has 2 aromatic rings. The number of aromatic nitrogens is 1. The van der Waals surface area contributed by atoms with Crippen LogP contribution in [0, 0.1) is 0 Å². The zero-order valence-corrected chi connectivity index (χ0v) is 12.9. The second-order valence-corrected chi connectivity index (χ2v) is 5.31. The van der Waals surface area contributed by atoms with E-state index >= 15 is 0 Å². The molecule has 0 saturated carbocycles. The first kappa shape index (κ1) is 15.2. The first-order valence-electron chi connectivity index (χ1n) is 7.30. The predicted octanol–water partition coefficient (Wildman–Crippen LogP) is 2.43. The molecule has 0 radical (unpaired) electrons. The fourth-order valence-corrected chi connectivity index (χ4v) is 2.38. The Labute approximate surface area is 133 Å². The number of aliphatic imine (C=N–C) groups is 2. The van der Waals surface area contributed by atoms with Crippen molar-refractivity contribution in [1.29, 1.82) is 0 Å². The maximum atomic E-state index is 11.5. The minimum atomic E-state index is -0.175. The van der Waals surface area contributed by atoms with Gasteiger partial charge in [-0.05, 0) is 31.2 Å². The molecule has 118 valence electrons. The van der Waals surface area contributed by atoms with Crippen LogP contribution in [0.5, 0.6) is 5.75 Å². The van der Waals surface area contributed by atoms with Crippen molar-refractivity contribution in [2.45, 2.75) is 19.9 Å². The summed E-state index contributed by atoms with van der Waals surface area (Å²) in [5.41, 5.74) is 1.33. The molecule has 0 saturated heterocycles. The maximum absolute atomic E-state index is 11.5. The van der Waals surface area contributed by atoms with Gasteiger partial charge in [-0.3, -0.25) is 14.4 Å². The SMILES string of the molecule is CC(=O)n1ccc2cc(OC3=N[C@@H](C)C=NC(CO)=C3)ccc21. The Morgan fingerprint density at radius 3 is 2.96 bits per heavy atom. The van der Waals surface area contributed by atoms with Crippen molar-refractivity contribution in [2.24, 2.45) is 9.98 Å². The minimum absolute atomic E-state index is 0.0386. The zero-order valence-electron chi connectivity index (χ0n) is 12.9. The van der Waals surface area contributed by atoms with E-state index in [1.165, 1.54) is 6.92 Å². The molecule has 1 N–H and O–H groups in total. The first-order chi connectivity index (χ1) is 11.1. The number of rotatable bonds is 2. The van der Waals surface area contributed by atoms with Crippen molar-refractivity contribution in [3.05, 3.63) is 42.2 Å². The van der Waals surface area contributed by atoms with Crippen LogP contribution >= 0.6 is 0 Å². The number of hydrogen-bond acceptors (Lipinski definition) is 5. The van der Waals surface area contributed by atoms with Crippen LogP contribution in [0.25, 0.3) is 10.9 Å². The predicted molar refractivity (Wildman–Crippen MR) is 89.4 cm³/mol. The maximum Gasteiger partial charge on any atom is 0.227 e. The molecular formula is C17H17N3O3. The van der Waals surface area contributed by atoms with Crippen LogP contribution in [0.2, 0.25) is 0 Å². The Balaban J connectivity index is 1.91. The summed E-state index contributed by atoms with van der Waals surface area (Å²) in [6, 6.07) is 7.19. The highest BCUT2D eigenvalue weighted by atomic mass is 16.5. The van der Waals surface area contributed by atoms with Crippen LogP contribution in [0.4, 0.5) is 0 Å². The van der Waals surface area contributed by atoms with Gasteiger partial charge < -0.3 is 9.84 Å². The van der Waals surface area contributed by atoms with Crippen molar-refractivity contribution < 1.29 is 14.6 Å². The van der Waals surface area contributed by atoms with Crippen LogP contribution in [-0.4, -0.2) is 40.3 Å². The third-order valence-corrected chi connectivity index (χ3v) is 3.46. The van der Waals surface area contributed by atoms with Crippen molar-refractivity contribution >= 4 is 28.9 Å². The van der Waals surface area contributed by atoms with Crippen molar-refractivity contribution in [2.75, 3.05) is 6.61 Å². The topological polar surface area (TPSA) is 76.2 Å². The van der Waals surface area contributed by atoms with E-state index in [1.54, 1.807) is 29.1 Å². The molecule has 1 aliphatic rings. The summed E-state index contributed by atoms with van der Waals surface area (Å²) < 4.78 is 7.39. The molecule has 1 aliphatic heterocycles. The second kappa shape index (κ2) is 6.18. The lowest BCUT2D eigenvalue weighted by molar-refractivity contribution is 0.0941. The van der Waals surface area contributed by atoms with Crippen LogP contribution in [-0.2, 0) is 0 Å². The summed E-state index contributed by atoms with van der Waals surface area (Å²) >= 11 is 0. The molecule has 23 heavy (non-hydrogen) atoms. The number of carbonyl (C=O) groups is 1. The molecule has 1 aromatic carbocycles. The smallest absolute Gasteiger partial charge is 0.227 e. The van der Waals surface area contributed by atoms with E-state index in [0.717, 1.165) is 10.9 Å². The van der Waals surface area contributed by atoms with E-state index in [0.29, 0.717) is 17.3 Å². The highest BCUT2D eigenvalue weighted by molar-refractivity contribution is 5.95. The van der Waals surface area contributed by atoms with Gasteiger partial charge >= 0.3 is 0 Å². The number of ether oxygens (including phenoxy) is 1. The largest absolute Gasteiger partial charge is 0.439 e. The summed E-state index contributed by atoms with van der Waals surface area (Å²) in [5.74, 6) is 0.966. The fraction of sp³-hybridized carbons (Fsp3) is 0.235. The third-order valence-electron chi connectivity index (χ3n) is 3.46. The number of aliphatic hydroxyl groups excluding tert-OH is 1. The highest BCUT2D eigenvalue weighted by Gasteiger charge is 2.10. The van der Waals surface area contributed by atoms with Gasteiger partial charge in [-0.2, -0.15) is 0 Å². The highest BCUT2D eigenvalue weighted by Crippen LogP contribution is 2.23. The van der Waals surface area contributed by atoms with E-state index in [-0.39, 0.29) is 18.6 Å². The molecule has 0 fully saturated rings. The molecule has 3 rings (SSSR count).